The van der Waals surface area contributed by atoms with Gasteiger partial charge in [-0.15, -0.1) is 0 Å². The molecule has 1 N–H and O–H groups in total. The molecule has 1 aliphatic heterocycles. The summed E-state index contributed by atoms with van der Waals surface area (Å²) >= 11 is 6.15. The maximum Gasteiger partial charge on any atom is 0.128 e. The zero-order chi connectivity index (χ0) is 13.7. The Hall–Kier alpha value is -0.840. The van der Waals surface area contributed by atoms with Crippen molar-refractivity contribution in [3.05, 3.63) is 22.8 Å². The van der Waals surface area contributed by atoms with Crippen LogP contribution in [0.3, 0.4) is 0 Å². The average molecular weight is 283 g/mol. The van der Waals surface area contributed by atoms with Gasteiger partial charge in [0.15, 0.2) is 0 Å². The first-order valence-corrected chi connectivity index (χ1v) is 7.38. The number of hydrogen-bond donors (Lipinski definition) is 1. The summed E-state index contributed by atoms with van der Waals surface area (Å²) in [6.07, 6.45) is 2.99. The van der Waals surface area contributed by atoms with E-state index in [0.717, 1.165) is 49.1 Å². The maximum absolute atomic E-state index is 6.15. The number of nitrogens with one attached hydrogen (secondary N) is 1. The molecule has 0 radical (unpaired) electrons. The molecule has 1 aromatic heterocycles. The normalized spacial score (nSPS) is 16.9. The molecule has 1 aromatic rings. The van der Waals surface area contributed by atoms with Gasteiger partial charge >= 0.3 is 0 Å². The van der Waals surface area contributed by atoms with Gasteiger partial charge < -0.3 is 10.2 Å². The Morgan fingerprint density at radius 3 is 2.68 bits per heavy atom. The van der Waals surface area contributed by atoms with Crippen LogP contribution in [0.2, 0.25) is 5.02 Å². The van der Waals surface area contributed by atoms with E-state index in [1.807, 2.05) is 7.05 Å². The zero-order valence-corrected chi connectivity index (χ0v) is 12.6. The molecule has 0 unspecified atom stereocenters. The van der Waals surface area contributed by atoms with Gasteiger partial charge in [0.25, 0.3) is 0 Å². The van der Waals surface area contributed by atoms with E-state index < -0.39 is 0 Å². The van der Waals surface area contributed by atoms with Crippen molar-refractivity contribution in [3.63, 3.8) is 0 Å². The second-order valence-corrected chi connectivity index (χ2v) is 5.40. The van der Waals surface area contributed by atoms with Crippen LogP contribution in [0.25, 0.3) is 0 Å². The van der Waals surface area contributed by atoms with Crippen LogP contribution >= 0.6 is 11.6 Å². The van der Waals surface area contributed by atoms with Gasteiger partial charge in [0, 0.05) is 38.9 Å². The molecule has 1 fully saturated rings. The van der Waals surface area contributed by atoms with Crippen LogP contribution in [0, 0.1) is 0 Å². The van der Waals surface area contributed by atoms with Crippen LogP contribution in [-0.4, -0.2) is 49.7 Å². The first-order chi connectivity index (χ1) is 9.24. The highest BCUT2D eigenvalue weighted by Crippen LogP contribution is 2.21. The summed E-state index contributed by atoms with van der Waals surface area (Å²) in [5, 5.41) is 3.88. The average Bonchev–Trinajstić information content (AvgIpc) is 2.43. The molecular weight excluding hydrogens is 260 g/mol. The van der Waals surface area contributed by atoms with Gasteiger partial charge in [-0.2, -0.15) is 0 Å². The largest absolute Gasteiger partial charge is 0.354 e. The van der Waals surface area contributed by atoms with Gasteiger partial charge in [0.05, 0.1) is 5.02 Å². The molecule has 106 valence electrons. The molecule has 0 aromatic carbocycles. The molecule has 1 saturated heterocycles. The second-order valence-electron chi connectivity index (χ2n) is 4.99. The van der Waals surface area contributed by atoms with Crippen molar-refractivity contribution in [3.8, 4) is 0 Å². The minimum absolute atomic E-state index is 0.739. The fourth-order valence-corrected chi connectivity index (χ4v) is 2.65. The first kappa shape index (κ1) is 14.6. The van der Waals surface area contributed by atoms with E-state index in [2.05, 4.69) is 33.1 Å². The Morgan fingerprint density at radius 1 is 1.32 bits per heavy atom. The van der Waals surface area contributed by atoms with Crippen molar-refractivity contribution in [2.24, 2.45) is 0 Å². The van der Waals surface area contributed by atoms with Crippen LogP contribution < -0.4 is 10.2 Å². The summed E-state index contributed by atoms with van der Waals surface area (Å²) in [5.74, 6) is 1.05. The van der Waals surface area contributed by atoms with Crippen LogP contribution in [0.15, 0.2) is 12.3 Å². The van der Waals surface area contributed by atoms with Crippen LogP contribution in [0.4, 0.5) is 5.82 Å². The zero-order valence-electron chi connectivity index (χ0n) is 11.8. The van der Waals surface area contributed by atoms with E-state index in [0.29, 0.717) is 0 Å². The molecule has 0 atom stereocenters. The SMILES string of the molecule is CCCN1CCN(c2cc(CNC)c(Cl)cn2)CC1. The lowest BCUT2D eigenvalue weighted by atomic mass is 10.2. The molecule has 0 aliphatic carbocycles. The van der Waals surface area contributed by atoms with Gasteiger partial charge in [0.1, 0.15) is 5.82 Å². The van der Waals surface area contributed by atoms with E-state index in [-0.39, 0.29) is 0 Å². The summed E-state index contributed by atoms with van der Waals surface area (Å²) in [6, 6.07) is 2.11. The summed E-state index contributed by atoms with van der Waals surface area (Å²) in [7, 11) is 1.93. The Balaban J connectivity index is 2.01. The minimum atomic E-state index is 0.739. The predicted molar refractivity (Wildman–Crippen MR) is 81.0 cm³/mol. The van der Waals surface area contributed by atoms with Crippen LogP contribution in [0.1, 0.15) is 18.9 Å². The third-order valence-corrected chi connectivity index (χ3v) is 3.86. The van der Waals surface area contributed by atoms with Gasteiger partial charge in [-0.25, -0.2) is 4.98 Å². The Kier molecular flexibility index (Phi) is 5.43. The van der Waals surface area contributed by atoms with Crippen molar-refractivity contribution in [2.75, 3.05) is 44.7 Å². The van der Waals surface area contributed by atoms with Gasteiger partial charge in [-0.05, 0) is 31.6 Å². The lowest BCUT2D eigenvalue weighted by Crippen LogP contribution is -2.46. The predicted octanol–water partition coefficient (Wildman–Crippen LogP) is 1.99. The number of nitrogens with zero attached hydrogens (tertiary/aromatic N) is 3. The monoisotopic (exact) mass is 282 g/mol. The number of pyridine rings is 1. The topological polar surface area (TPSA) is 31.4 Å². The quantitative estimate of drug-likeness (QED) is 0.895. The lowest BCUT2D eigenvalue weighted by molar-refractivity contribution is 0.258. The number of halogens is 1. The van der Waals surface area contributed by atoms with E-state index in [1.165, 1.54) is 13.0 Å². The number of aromatic nitrogens is 1. The van der Waals surface area contributed by atoms with Crippen molar-refractivity contribution in [2.45, 2.75) is 19.9 Å². The van der Waals surface area contributed by atoms with Crippen molar-refractivity contribution >= 4 is 17.4 Å². The molecule has 0 saturated carbocycles. The van der Waals surface area contributed by atoms with Crippen LogP contribution in [-0.2, 0) is 6.54 Å². The second kappa shape index (κ2) is 7.08. The third-order valence-electron chi connectivity index (χ3n) is 3.52. The maximum atomic E-state index is 6.15. The molecule has 4 nitrogen and oxygen atoms in total. The highest BCUT2D eigenvalue weighted by molar-refractivity contribution is 6.31. The molecule has 1 aliphatic rings. The van der Waals surface area contributed by atoms with Crippen LogP contribution in [0.5, 0.6) is 0 Å². The number of piperazine rings is 1. The molecule has 0 bridgehead atoms. The lowest BCUT2D eigenvalue weighted by Gasteiger charge is -2.35. The number of hydrogen-bond acceptors (Lipinski definition) is 4. The smallest absolute Gasteiger partial charge is 0.128 e. The molecule has 2 rings (SSSR count). The minimum Gasteiger partial charge on any atom is -0.354 e. The number of rotatable bonds is 5. The Morgan fingerprint density at radius 2 is 2.05 bits per heavy atom. The van der Waals surface area contributed by atoms with Crippen molar-refractivity contribution < 1.29 is 0 Å². The molecular formula is C14H23ClN4. The molecule has 19 heavy (non-hydrogen) atoms. The number of anilines is 1. The van der Waals surface area contributed by atoms with Gasteiger partial charge in [-0.3, -0.25) is 4.90 Å². The highest BCUT2D eigenvalue weighted by atomic mass is 35.5. The standard InChI is InChI=1S/C14H23ClN4/c1-3-4-18-5-7-19(8-6-18)14-9-12(10-16-2)13(15)11-17-14/h9,11,16H,3-8,10H2,1-2H3. The summed E-state index contributed by atoms with van der Waals surface area (Å²) in [6.45, 7) is 8.56. The van der Waals surface area contributed by atoms with E-state index in [1.54, 1.807) is 6.20 Å². The first-order valence-electron chi connectivity index (χ1n) is 7.01. The molecule has 0 spiro atoms. The fraction of sp³-hybridized carbons (Fsp3) is 0.643. The summed E-state index contributed by atoms with van der Waals surface area (Å²) in [4.78, 5) is 9.33. The Labute approximate surface area is 120 Å². The van der Waals surface area contributed by atoms with Gasteiger partial charge in [0.2, 0.25) is 0 Å². The third kappa shape index (κ3) is 3.81. The summed E-state index contributed by atoms with van der Waals surface area (Å²) < 4.78 is 0. The molecule has 5 heteroatoms. The fourth-order valence-electron chi connectivity index (χ4n) is 2.48. The van der Waals surface area contributed by atoms with E-state index in [4.69, 9.17) is 11.6 Å². The van der Waals surface area contributed by atoms with Crippen molar-refractivity contribution in [1.82, 2.24) is 15.2 Å². The van der Waals surface area contributed by atoms with Gasteiger partial charge in [-0.1, -0.05) is 18.5 Å². The molecule has 2 heterocycles. The summed E-state index contributed by atoms with van der Waals surface area (Å²) in [5.41, 5.74) is 1.12. The molecule has 0 amide bonds. The highest BCUT2D eigenvalue weighted by Gasteiger charge is 2.17. The van der Waals surface area contributed by atoms with Crippen molar-refractivity contribution in [1.29, 1.82) is 0 Å². The van der Waals surface area contributed by atoms with E-state index >= 15 is 0 Å². The Bertz CT molecular complexity index is 402. The van der Waals surface area contributed by atoms with E-state index in [9.17, 15) is 0 Å².